The zero-order valence-electron chi connectivity index (χ0n) is 11.9. The minimum absolute atomic E-state index is 0.520. The van der Waals surface area contributed by atoms with E-state index in [1.807, 2.05) is 17.9 Å². The van der Waals surface area contributed by atoms with E-state index in [2.05, 4.69) is 16.9 Å². The van der Waals surface area contributed by atoms with Gasteiger partial charge in [0.15, 0.2) is 0 Å². The molecule has 0 N–H and O–H groups in total. The van der Waals surface area contributed by atoms with Crippen LogP contribution in [0.25, 0.3) is 0 Å². The molecule has 0 spiro atoms. The fourth-order valence-electron chi connectivity index (χ4n) is 1.56. The van der Waals surface area contributed by atoms with E-state index in [1.165, 1.54) is 0 Å². The number of nitrogens with zero attached hydrogens (tertiary/aromatic N) is 3. The number of hydrogen-bond donors (Lipinski definition) is 0. The van der Waals surface area contributed by atoms with Crippen molar-refractivity contribution < 1.29 is 9.47 Å². The van der Waals surface area contributed by atoms with Gasteiger partial charge in [-0.2, -0.15) is 4.98 Å². The summed E-state index contributed by atoms with van der Waals surface area (Å²) in [7, 11) is 1.67. The first kappa shape index (κ1) is 16.0. The molecule has 6 heteroatoms. The van der Waals surface area contributed by atoms with Gasteiger partial charge in [0.1, 0.15) is 0 Å². The molecule has 0 bridgehead atoms. The minimum atomic E-state index is 0.520. The number of rotatable bonds is 9. The number of aryl methyl sites for hydroxylation is 1. The molecule has 0 unspecified atom stereocenters. The van der Waals surface area contributed by atoms with Crippen molar-refractivity contribution in [2.45, 2.75) is 20.3 Å². The van der Waals surface area contributed by atoms with Crippen molar-refractivity contribution in [1.82, 2.24) is 9.97 Å². The monoisotopic (exact) mass is 287 g/mol. The highest BCUT2D eigenvalue weighted by atomic mass is 35.5. The molecule has 0 aromatic carbocycles. The van der Waals surface area contributed by atoms with Crippen molar-refractivity contribution in [3.8, 4) is 5.88 Å². The first-order valence-corrected chi connectivity index (χ1v) is 7.03. The van der Waals surface area contributed by atoms with Crippen molar-refractivity contribution in [1.29, 1.82) is 0 Å². The van der Waals surface area contributed by atoms with Gasteiger partial charge < -0.3 is 14.4 Å². The molecule has 5 nitrogen and oxygen atoms in total. The summed E-state index contributed by atoms with van der Waals surface area (Å²) in [6, 6.07) is 1.84. The van der Waals surface area contributed by atoms with E-state index in [-0.39, 0.29) is 0 Å². The fraction of sp³-hybridized carbons (Fsp3) is 0.692. The molecule has 0 saturated heterocycles. The predicted octanol–water partition coefficient (Wildman–Crippen LogP) is 2.27. The third kappa shape index (κ3) is 5.61. The Bertz CT molecular complexity index is 377. The quantitative estimate of drug-likeness (QED) is 0.652. The SMILES string of the molecule is CCCOc1cc(C)nc(N(CCCl)CCOC)n1. The Hall–Kier alpha value is -1.07. The van der Waals surface area contributed by atoms with Crippen molar-refractivity contribution in [2.24, 2.45) is 0 Å². The van der Waals surface area contributed by atoms with Gasteiger partial charge in [0.2, 0.25) is 11.8 Å². The number of halogens is 1. The molecule has 1 aromatic heterocycles. The zero-order chi connectivity index (χ0) is 14.1. The fourth-order valence-corrected chi connectivity index (χ4v) is 1.77. The van der Waals surface area contributed by atoms with Gasteiger partial charge in [-0.25, -0.2) is 4.98 Å². The molecule has 0 radical (unpaired) electrons. The number of hydrogen-bond acceptors (Lipinski definition) is 5. The highest BCUT2D eigenvalue weighted by molar-refractivity contribution is 6.18. The van der Waals surface area contributed by atoms with Crippen LogP contribution in [0.2, 0.25) is 0 Å². The lowest BCUT2D eigenvalue weighted by atomic mass is 10.4. The van der Waals surface area contributed by atoms with Gasteiger partial charge in [-0.1, -0.05) is 6.92 Å². The summed E-state index contributed by atoms with van der Waals surface area (Å²) in [6.07, 6.45) is 0.952. The van der Waals surface area contributed by atoms with Gasteiger partial charge in [0, 0.05) is 37.8 Å². The van der Waals surface area contributed by atoms with Crippen LogP contribution < -0.4 is 9.64 Å². The molecular formula is C13H22ClN3O2. The third-order valence-corrected chi connectivity index (χ3v) is 2.64. The Morgan fingerprint density at radius 1 is 1.26 bits per heavy atom. The minimum Gasteiger partial charge on any atom is -0.478 e. The molecule has 108 valence electrons. The molecule has 0 aliphatic rings. The summed E-state index contributed by atoms with van der Waals surface area (Å²) >= 11 is 5.82. The van der Waals surface area contributed by atoms with Crippen LogP contribution in [-0.2, 0) is 4.74 Å². The number of anilines is 1. The van der Waals surface area contributed by atoms with E-state index in [0.29, 0.717) is 44.0 Å². The Balaban J connectivity index is 2.84. The summed E-state index contributed by atoms with van der Waals surface area (Å²) in [5.41, 5.74) is 0.882. The number of aromatic nitrogens is 2. The van der Waals surface area contributed by atoms with E-state index in [1.54, 1.807) is 7.11 Å². The molecule has 0 aliphatic carbocycles. The van der Waals surface area contributed by atoms with Crippen molar-refractivity contribution >= 4 is 17.5 Å². The smallest absolute Gasteiger partial charge is 0.228 e. The number of methoxy groups -OCH3 is 1. The van der Waals surface area contributed by atoms with Crippen LogP contribution in [0.1, 0.15) is 19.0 Å². The maximum atomic E-state index is 5.82. The molecule has 0 atom stereocenters. The second kappa shape index (κ2) is 8.93. The largest absolute Gasteiger partial charge is 0.478 e. The summed E-state index contributed by atoms with van der Waals surface area (Å²) in [5.74, 6) is 1.77. The lowest BCUT2D eigenvalue weighted by Gasteiger charge is -2.21. The summed E-state index contributed by atoms with van der Waals surface area (Å²) < 4.78 is 10.7. The highest BCUT2D eigenvalue weighted by Gasteiger charge is 2.11. The molecule has 0 fully saturated rings. The third-order valence-electron chi connectivity index (χ3n) is 2.48. The molecule has 1 rings (SSSR count). The van der Waals surface area contributed by atoms with E-state index in [4.69, 9.17) is 21.1 Å². The Kier molecular flexibility index (Phi) is 7.52. The molecular weight excluding hydrogens is 266 g/mol. The van der Waals surface area contributed by atoms with Crippen LogP contribution in [0.5, 0.6) is 5.88 Å². The maximum Gasteiger partial charge on any atom is 0.228 e. The average molecular weight is 288 g/mol. The Morgan fingerprint density at radius 2 is 2.05 bits per heavy atom. The second-order valence-corrected chi connectivity index (χ2v) is 4.54. The summed E-state index contributed by atoms with van der Waals surface area (Å²) in [5, 5.41) is 0. The molecule has 1 aromatic rings. The normalized spacial score (nSPS) is 10.5. The van der Waals surface area contributed by atoms with Crippen molar-refractivity contribution in [3.05, 3.63) is 11.8 Å². The average Bonchev–Trinajstić information content (AvgIpc) is 2.40. The highest BCUT2D eigenvalue weighted by Crippen LogP contribution is 2.15. The van der Waals surface area contributed by atoms with Gasteiger partial charge >= 0.3 is 0 Å². The maximum absolute atomic E-state index is 5.82. The van der Waals surface area contributed by atoms with Crippen molar-refractivity contribution in [2.75, 3.05) is 44.2 Å². The van der Waals surface area contributed by atoms with Crippen LogP contribution in [-0.4, -0.2) is 49.3 Å². The molecule has 1 heterocycles. The molecule has 19 heavy (non-hydrogen) atoms. The van der Waals surface area contributed by atoms with Gasteiger partial charge in [-0.15, -0.1) is 11.6 Å². The summed E-state index contributed by atoms with van der Waals surface area (Å²) in [6.45, 7) is 6.65. The Labute approximate surface area is 119 Å². The van der Waals surface area contributed by atoms with Crippen LogP contribution in [0.3, 0.4) is 0 Å². The lowest BCUT2D eigenvalue weighted by molar-refractivity contribution is 0.205. The predicted molar refractivity (Wildman–Crippen MR) is 77.4 cm³/mol. The number of ether oxygens (including phenoxy) is 2. The van der Waals surface area contributed by atoms with Crippen LogP contribution in [0, 0.1) is 6.92 Å². The van der Waals surface area contributed by atoms with Crippen LogP contribution in [0.4, 0.5) is 5.95 Å². The summed E-state index contributed by atoms with van der Waals surface area (Å²) in [4.78, 5) is 10.9. The van der Waals surface area contributed by atoms with E-state index in [0.717, 1.165) is 12.1 Å². The van der Waals surface area contributed by atoms with Crippen LogP contribution >= 0.6 is 11.6 Å². The lowest BCUT2D eigenvalue weighted by Crippen LogP contribution is -2.31. The van der Waals surface area contributed by atoms with Gasteiger partial charge in [-0.05, 0) is 13.3 Å². The van der Waals surface area contributed by atoms with Crippen LogP contribution in [0.15, 0.2) is 6.07 Å². The first-order chi connectivity index (χ1) is 9.21. The van der Waals surface area contributed by atoms with Gasteiger partial charge in [-0.3, -0.25) is 0 Å². The topological polar surface area (TPSA) is 47.5 Å². The van der Waals surface area contributed by atoms with Gasteiger partial charge in [0.05, 0.1) is 13.2 Å². The molecule has 0 aliphatic heterocycles. The Morgan fingerprint density at radius 3 is 2.68 bits per heavy atom. The number of alkyl halides is 1. The van der Waals surface area contributed by atoms with Crippen molar-refractivity contribution in [3.63, 3.8) is 0 Å². The standard InChI is InChI=1S/C13H22ClN3O2/c1-4-8-19-12-10-11(2)15-13(16-12)17(6-5-14)7-9-18-3/h10H,4-9H2,1-3H3. The van der Waals surface area contributed by atoms with Gasteiger partial charge in [0.25, 0.3) is 0 Å². The molecule has 0 amide bonds. The second-order valence-electron chi connectivity index (χ2n) is 4.16. The zero-order valence-corrected chi connectivity index (χ0v) is 12.6. The molecule has 0 saturated carbocycles. The van der Waals surface area contributed by atoms with E-state index in [9.17, 15) is 0 Å². The first-order valence-electron chi connectivity index (χ1n) is 6.49. The van der Waals surface area contributed by atoms with E-state index < -0.39 is 0 Å². The van der Waals surface area contributed by atoms with E-state index >= 15 is 0 Å².